The Labute approximate surface area is 148 Å². The topological polar surface area (TPSA) is 75.4 Å². The third-order valence-electron chi connectivity index (χ3n) is 4.69. The summed E-state index contributed by atoms with van der Waals surface area (Å²) >= 11 is 5.85. The number of halogens is 1. The maximum atomic E-state index is 12.9. The van der Waals surface area contributed by atoms with Gasteiger partial charge in [-0.3, -0.25) is 9.59 Å². The molecule has 0 aliphatic carbocycles. The Morgan fingerprint density at radius 3 is 2.46 bits per heavy atom. The average molecular weight is 352 g/mol. The highest BCUT2D eigenvalue weighted by Crippen LogP contribution is 2.29. The van der Waals surface area contributed by atoms with Crippen LogP contribution in [0.25, 0.3) is 0 Å². The van der Waals surface area contributed by atoms with Gasteiger partial charge in [0, 0.05) is 23.7 Å². The van der Waals surface area contributed by atoms with Crippen molar-refractivity contribution in [2.75, 3.05) is 19.6 Å². The third-order valence-corrected chi connectivity index (χ3v) is 4.94. The second-order valence-corrected chi connectivity index (χ2v) is 7.66. The minimum absolute atomic E-state index is 0.00140. The summed E-state index contributed by atoms with van der Waals surface area (Å²) in [5.74, 6) is -0.303. The van der Waals surface area contributed by atoms with Gasteiger partial charge in [-0.1, -0.05) is 32.4 Å². The highest BCUT2D eigenvalue weighted by Gasteiger charge is 2.38. The molecule has 1 heterocycles. The predicted molar refractivity (Wildman–Crippen MR) is 95.9 cm³/mol. The molecule has 0 spiro atoms. The largest absolute Gasteiger partial charge is 0.340 e. The molecule has 1 aromatic carbocycles. The lowest BCUT2D eigenvalue weighted by Crippen LogP contribution is -2.51. The Morgan fingerprint density at radius 2 is 1.96 bits per heavy atom. The Kier molecular flexibility index (Phi) is 5.88. The number of benzene rings is 1. The number of nitrogens with one attached hydrogen (secondary N) is 1. The number of carbonyl (C=O) groups is 2. The van der Waals surface area contributed by atoms with E-state index < -0.39 is 6.04 Å². The van der Waals surface area contributed by atoms with Crippen molar-refractivity contribution in [3.8, 4) is 0 Å². The lowest BCUT2D eigenvalue weighted by Gasteiger charge is -2.28. The van der Waals surface area contributed by atoms with E-state index in [-0.39, 0.29) is 23.1 Å². The van der Waals surface area contributed by atoms with Crippen molar-refractivity contribution >= 4 is 23.4 Å². The van der Waals surface area contributed by atoms with E-state index in [0.717, 1.165) is 6.42 Å². The van der Waals surface area contributed by atoms with Gasteiger partial charge in [0.15, 0.2) is 0 Å². The lowest BCUT2D eigenvalue weighted by molar-refractivity contribution is -0.133. The fourth-order valence-corrected chi connectivity index (χ4v) is 3.04. The fraction of sp³-hybridized carbons (Fsp3) is 0.556. The average Bonchev–Trinajstić information content (AvgIpc) is 2.95. The maximum Gasteiger partial charge on any atom is 0.251 e. The number of nitrogens with zero attached hydrogens (tertiary/aromatic N) is 1. The van der Waals surface area contributed by atoms with Crippen LogP contribution < -0.4 is 11.1 Å². The van der Waals surface area contributed by atoms with Gasteiger partial charge >= 0.3 is 0 Å². The van der Waals surface area contributed by atoms with Crippen molar-refractivity contribution in [1.29, 1.82) is 0 Å². The lowest BCUT2D eigenvalue weighted by atomic mass is 9.90. The molecule has 1 fully saturated rings. The first-order chi connectivity index (χ1) is 11.3. The van der Waals surface area contributed by atoms with Gasteiger partial charge in [-0.2, -0.15) is 0 Å². The van der Waals surface area contributed by atoms with Crippen LogP contribution in [0.15, 0.2) is 24.3 Å². The Bertz CT molecular complexity index is 603. The molecule has 2 rings (SSSR count). The van der Waals surface area contributed by atoms with E-state index in [0.29, 0.717) is 30.2 Å². The quantitative estimate of drug-likeness (QED) is 0.854. The molecular weight excluding hydrogens is 326 g/mol. The van der Waals surface area contributed by atoms with Gasteiger partial charge in [-0.05, 0) is 48.6 Å². The van der Waals surface area contributed by atoms with Gasteiger partial charge < -0.3 is 16.0 Å². The Balaban J connectivity index is 2.08. The second-order valence-electron chi connectivity index (χ2n) is 7.23. The molecule has 0 saturated carbocycles. The molecule has 2 amide bonds. The molecule has 2 unspecified atom stereocenters. The van der Waals surface area contributed by atoms with Crippen LogP contribution in [0.3, 0.4) is 0 Å². The molecule has 3 N–H and O–H groups in total. The number of amides is 2. The normalized spacial score (nSPS) is 21.8. The van der Waals surface area contributed by atoms with E-state index in [9.17, 15) is 9.59 Å². The summed E-state index contributed by atoms with van der Waals surface area (Å²) in [7, 11) is 0. The van der Waals surface area contributed by atoms with Gasteiger partial charge in [0.25, 0.3) is 5.91 Å². The summed E-state index contributed by atoms with van der Waals surface area (Å²) < 4.78 is 0. The summed E-state index contributed by atoms with van der Waals surface area (Å²) in [6, 6.07) is 6.08. The first-order valence-corrected chi connectivity index (χ1v) is 8.69. The number of likely N-dealkylation sites (tertiary alicyclic amines) is 1. The summed E-state index contributed by atoms with van der Waals surface area (Å²) in [5, 5.41) is 3.44. The monoisotopic (exact) mass is 351 g/mol. The van der Waals surface area contributed by atoms with Crippen LogP contribution in [0.4, 0.5) is 0 Å². The molecular formula is C18H26ClN3O2. The van der Waals surface area contributed by atoms with E-state index >= 15 is 0 Å². The zero-order valence-electron chi connectivity index (χ0n) is 14.5. The van der Waals surface area contributed by atoms with Gasteiger partial charge in [0.2, 0.25) is 5.91 Å². The zero-order valence-corrected chi connectivity index (χ0v) is 15.3. The smallest absolute Gasteiger partial charge is 0.251 e. The van der Waals surface area contributed by atoms with Crippen molar-refractivity contribution < 1.29 is 9.59 Å². The molecule has 5 nitrogen and oxygen atoms in total. The van der Waals surface area contributed by atoms with Crippen LogP contribution in [-0.2, 0) is 4.79 Å². The van der Waals surface area contributed by atoms with Crippen LogP contribution >= 0.6 is 11.6 Å². The number of carbonyl (C=O) groups excluding carboxylic acids is 2. The van der Waals surface area contributed by atoms with E-state index in [2.05, 4.69) is 12.2 Å². The molecule has 1 aromatic rings. The molecule has 0 aromatic heterocycles. The minimum atomic E-state index is -0.548. The third kappa shape index (κ3) is 4.28. The van der Waals surface area contributed by atoms with Crippen molar-refractivity contribution in [2.45, 2.75) is 33.2 Å². The molecule has 6 heteroatoms. The second kappa shape index (κ2) is 7.53. The molecule has 1 aliphatic rings. The van der Waals surface area contributed by atoms with Gasteiger partial charge in [-0.15, -0.1) is 0 Å². The summed E-state index contributed by atoms with van der Waals surface area (Å²) in [4.78, 5) is 27.1. The Hall–Kier alpha value is -1.59. The molecule has 1 aliphatic heterocycles. The van der Waals surface area contributed by atoms with Crippen molar-refractivity contribution in [2.24, 2.45) is 17.1 Å². The van der Waals surface area contributed by atoms with E-state index in [1.807, 2.05) is 18.7 Å². The SMILES string of the molecule is CC(C)C(NC(=O)c1ccc(Cl)cc1)C(=O)N1CCC(C)(CN)C1. The van der Waals surface area contributed by atoms with Gasteiger partial charge in [-0.25, -0.2) is 0 Å². The van der Waals surface area contributed by atoms with Gasteiger partial charge in [0.1, 0.15) is 6.04 Å². The number of hydrogen-bond acceptors (Lipinski definition) is 3. The molecule has 132 valence electrons. The number of nitrogens with two attached hydrogens (primary N) is 1. The van der Waals surface area contributed by atoms with Crippen LogP contribution in [0.2, 0.25) is 5.02 Å². The summed E-state index contributed by atoms with van der Waals surface area (Å²) in [5.41, 5.74) is 6.28. The molecule has 1 saturated heterocycles. The van der Waals surface area contributed by atoms with E-state index in [1.54, 1.807) is 24.3 Å². The molecule has 24 heavy (non-hydrogen) atoms. The van der Waals surface area contributed by atoms with E-state index in [4.69, 9.17) is 17.3 Å². The van der Waals surface area contributed by atoms with Crippen molar-refractivity contribution in [3.05, 3.63) is 34.9 Å². The molecule has 2 atom stereocenters. The fourth-order valence-electron chi connectivity index (χ4n) is 2.91. The van der Waals surface area contributed by atoms with Crippen LogP contribution in [-0.4, -0.2) is 42.4 Å². The number of rotatable bonds is 5. The molecule has 0 bridgehead atoms. The molecule has 0 radical (unpaired) electrons. The van der Waals surface area contributed by atoms with E-state index in [1.165, 1.54) is 0 Å². The van der Waals surface area contributed by atoms with Crippen molar-refractivity contribution in [3.63, 3.8) is 0 Å². The van der Waals surface area contributed by atoms with Crippen molar-refractivity contribution in [1.82, 2.24) is 10.2 Å². The summed E-state index contributed by atoms with van der Waals surface area (Å²) in [6.45, 7) is 7.85. The highest BCUT2D eigenvalue weighted by atomic mass is 35.5. The Morgan fingerprint density at radius 1 is 1.33 bits per heavy atom. The highest BCUT2D eigenvalue weighted by molar-refractivity contribution is 6.30. The zero-order chi connectivity index (χ0) is 17.9. The van der Waals surface area contributed by atoms with Crippen LogP contribution in [0.5, 0.6) is 0 Å². The van der Waals surface area contributed by atoms with Crippen LogP contribution in [0, 0.1) is 11.3 Å². The maximum absolute atomic E-state index is 12.9. The van der Waals surface area contributed by atoms with Gasteiger partial charge in [0.05, 0.1) is 0 Å². The standard InChI is InChI=1S/C18H26ClN3O2/c1-12(2)15(17(24)22-9-8-18(3,10-20)11-22)21-16(23)13-4-6-14(19)7-5-13/h4-7,12,15H,8-11,20H2,1-3H3,(H,21,23). The minimum Gasteiger partial charge on any atom is -0.340 e. The van der Waals surface area contributed by atoms with Crippen LogP contribution in [0.1, 0.15) is 37.6 Å². The number of hydrogen-bond donors (Lipinski definition) is 2. The predicted octanol–water partition coefficient (Wildman–Crippen LogP) is 2.29. The summed E-state index contributed by atoms with van der Waals surface area (Å²) in [6.07, 6.45) is 0.894. The first-order valence-electron chi connectivity index (χ1n) is 8.31. The first kappa shape index (κ1) is 18.7.